The summed E-state index contributed by atoms with van der Waals surface area (Å²) in [5, 5.41) is 16.0. The summed E-state index contributed by atoms with van der Waals surface area (Å²) < 4.78 is 0. The van der Waals surface area contributed by atoms with Gasteiger partial charge in [-0.05, 0) is 6.92 Å². The molecule has 0 fully saturated rings. The van der Waals surface area contributed by atoms with Gasteiger partial charge in [0.1, 0.15) is 6.04 Å². The highest BCUT2D eigenvalue weighted by molar-refractivity contribution is 6.30. The molecule has 17 heavy (non-hydrogen) atoms. The molecule has 0 spiro atoms. The fraction of sp³-hybridized carbons (Fsp3) is 0.333. The quantitative estimate of drug-likeness (QED) is 0.624. The van der Waals surface area contributed by atoms with Gasteiger partial charge in [-0.25, -0.2) is 4.98 Å². The Labute approximate surface area is 102 Å². The maximum atomic E-state index is 11.3. The van der Waals surface area contributed by atoms with Crippen molar-refractivity contribution in [3.63, 3.8) is 0 Å². The van der Waals surface area contributed by atoms with Crippen molar-refractivity contribution in [1.29, 1.82) is 0 Å². The lowest BCUT2D eigenvalue weighted by Crippen LogP contribution is -2.35. The summed E-state index contributed by atoms with van der Waals surface area (Å²) in [5.41, 5.74) is -0.270. The van der Waals surface area contributed by atoms with Crippen molar-refractivity contribution in [2.45, 2.75) is 13.0 Å². The SMILES string of the molecule is CNC(=O)C(C)Nc1ncc(Cl)cc1[N+](=O)[O-]. The molecule has 1 atom stereocenters. The topological polar surface area (TPSA) is 97.2 Å². The number of halogens is 1. The molecule has 1 aromatic heterocycles. The predicted molar refractivity (Wildman–Crippen MR) is 63.1 cm³/mol. The third kappa shape index (κ3) is 3.28. The van der Waals surface area contributed by atoms with E-state index >= 15 is 0 Å². The van der Waals surface area contributed by atoms with Crippen molar-refractivity contribution in [3.05, 3.63) is 27.4 Å². The Bertz CT molecular complexity index is 452. The van der Waals surface area contributed by atoms with Crippen LogP contribution in [0.25, 0.3) is 0 Å². The van der Waals surface area contributed by atoms with E-state index in [0.717, 1.165) is 0 Å². The van der Waals surface area contributed by atoms with E-state index in [2.05, 4.69) is 15.6 Å². The molecule has 92 valence electrons. The van der Waals surface area contributed by atoms with Gasteiger partial charge in [0.25, 0.3) is 0 Å². The highest BCUT2D eigenvalue weighted by Crippen LogP contribution is 2.25. The smallest absolute Gasteiger partial charge is 0.312 e. The number of anilines is 1. The molecule has 0 aromatic carbocycles. The van der Waals surface area contributed by atoms with E-state index in [9.17, 15) is 14.9 Å². The Hall–Kier alpha value is -1.89. The average molecular weight is 259 g/mol. The minimum atomic E-state index is -0.632. The summed E-state index contributed by atoms with van der Waals surface area (Å²) in [5.74, 6) is -0.286. The number of carbonyl (C=O) groups excluding carboxylic acids is 1. The lowest BCUT2D eigenvalue weighted by Gasteiger charge is -2.12. The Kier molecular flexibility index (Phi) is 4.22. The molecule has 1 rings (SSSR count). The van der Waals surface area contributed by atoms with Crippen LogP contribution in [0.15, 0.2) is 12.3 Å². The summed E-state index contributed by atoms with van der Waals surface area (Å²) >= 11 is 5.61. The second-order valence-electron chi connectivity index (χ2n) is 3.26. The third-order valence-corrected chi connectivity index (χ3v) is 2.23. The number of carbonyl (C=O) groups is 1. The molecule has 1 unspecified atom stereocenters. The minimum Gasteiger partial charge on any atom is -0.357 e. The van der Waals surface area contributed by atoms with Crippen molar-refractivity contribution in [2.24, 2.45) is 0 Å². The van der Waals surface area contributed by atoms with Gasteiger partial charge in [-0.15, -0.1) is 0 Å². The standard InChI is InChI=1S/C9H11ClN4O3/c1-5(9(15)11-2)13-8-7(14(16)17)3-6(10)4-12-8/h3-5H,1-2H3,(H,11,15)(H,12,13). The molecule has 0 aliphatic heterocycles. The molecule has 1 heterocycles. The highest BCUT2D eigenvalue weighted by Gasteiger charge is 2.20. The minimum absolute atomic E-state index is 0.00972. The molecule has 2 N–H and O–H groups in total. The van der Waals surface area contributed by atoms with E-state index in [1.54, 1.807) is 6.92 Å². The summed E-state index contributed by atoms with van der Waals surface area (Å²) in [6, 6.07) is 0.542. The van der Waals surface area contributed by atoms with Gasteiger partial charge in [-0.2, -0.15) is 0 Å². The Morgan fingerprint density at radius 1 is 1.65 bits per heavy atom. The summed E-state index contributed by atoms with van der Waals surface area (Å²) in [6.45, 7) is 1.57. The van der Waals surface area contributed by atoms with Gasteiger partial charge >= 0.3 is 5.69 Å². The van der Waals surface area contributed by atoms with Gasteiger partial charge in [0.05, 0.1) is 9.95 Å². The van der Waals surface area contributed by atoms with E-state index in [1.807, 2.05) is 0 Å². The maximum absolute atomic E-state index is 11.3. The molecular weight excluding hydrogens is 248 g/mol. The second kappa shape index (κ2) is 5.44. The number of hydrogen-bond donors (Lipinski definition) is 2. The van der Waals surface area contributed by atoms with Crippen molar-refractivity contribution in [3.8, 4) is 0 Å². The monoisotopic (exact) mass is 258 g/mol. The van der Waals surface area contributed by atoms with Crippen LogP contribution in [0.1, 0.15) is 6.92 Å². The van der Waals surface area contributed by atoms with Crippen LogP contribution in [0.2, 0.25) is 5.02 Å². The van der Waals surface area contributed by atoms with Crippen molar-refractivity contribution in [1.82, 2.24) is 10.3 Å². The number of hydrogen-bond acceptors (Lipinski definition) is 5. The van der Waals surface area contributed by atoms with E-state index in [-0.39, 0.29) is 22.4 Å². The maximum Gasteiger partial charge on any atom is 0.312 e. The van der Waals surface area contributed by atoms with Crippen molar-refractivity contribution < 1.29 is 9.72 Å². The van der Waals surface area contributed by atoms with Crippen molar-refractivity contribution in [2.75, 3.05) is 12.4 Å². The zero-order valence-electron chi connectivity index (χ0n) is 9.23. The molecule has 1 amide bonds. The first kappa shape index (κ1) is 13.2. The van der Waals surface area contributed by atoms with E-state index in [1.165, 1.54) is 19.3 Å². The first-order valence-electron chi connectivity index (χ1n) is 4.73. The van der Waals surface area contributed by atoms with Gasteiger partial charge in [0, 0.05) is 19.3 Å². The predicted octanol–water partition coefficient (Wildman–Crippen LogP) is 1.19. The molecule has 1 aromatic rings. The largest absolute Gasteiger partial charge is 0.357 e. The number of rotatable bonds is 4. The molecule has 0 aliphatic rings. The van der Waals surface area contributed by atoms with Crippen LogP contribution < -0.4 is 10.6 Å². The number of nitrogens with one attached hydrogen (secondary N) is 2. The van der Waals surface area contributed by atoms with Crippen LogP contribution in [0, 0.1) is 10.1 Å². The first-order valence-corrected chi connectivity index (χ1v) is 5.11. The summed E-state index contributed by atoms with van der Waals surface area (Å²) in [7, 11) is 1.48. The van der Waals surface area contributed by atoms with Crippen LogP contribution >= 0.6 is 11.6 Å². The van der Waals surface area contributed by atoms with Gasteiger partial charge in [0.2, 0.25) is 11.7 Å². The van der Waals surface area contributed by atoms with E-state index in [4.69, 9.17) is 11.6 Å². The number of nitro groups is 1. The Balaban J connectivity index is 2.98. The van der Waals surface area contributed by atoms with Crippen LogP contribution in [-0.2, 0) is 4.79 Å². The van der Waals surface area contributed by atoms with E-state index < -0.39 is 11.0 Å². The number of likely N-dealkylation sites (N-methyl/N-ethyl adjacent to an activating group) is 1. The van der Waals surface area contributed by atoms with Crippen LogP contribution in [0.3, 0.4) is 0 Å². The highest BCUT2D eigenvalue weighted by atomic mass is 35.5. The molecule has 7 nitrogen and oxygen atoms in total. The normalized spacial score (nSPS) is 11.7. The van der Waals surface area contributed by atoms with Gasteiger partial charge < -0.3 is 10.6 Å². The molecular formula is C9H11ClN4O3. The Morgan fingerprint density at radius 2 is 2.29 bits per heavy atom. The second-order valence-corrected chi connectivity index (χ2v) is 3.70. The van der Waals surface area contributed by atoms with Gasteiger partial charge in [-0.1, -0.05) is 11.6 Å². The zero-order chi connectivity index (χ0) is 13.0. The first-order chi connectivity index (χ1) is 7.95. The molecule has 0 saturated carbocycles. The Morgan fingerprint density at radius 3 is 2.82 bits per heavy atom. The number of aromatic nitrogens is 1. The summed E-state index contributed by atoms with van der Waals surface area (Å²) in [6.07, 6.45) is 1.27. The third-order valence-electron chi connectivity index (χ3n) is 2.02. The molecule has 0 radical (unpaired) electrons. The zero-order valence-corrected chi connectivity index (χ0v) is 9.99. The van der Waals surface area contributed by atoms with Crippen LogP contribution in [0.5, 0.6) is 0 Å². The summed E-state index contributed by atoms with van der Waals surface area (Å²) in [4.78, 5) is 25.2. The molecule has 0 bridgehead atoms. The molecule has 0 saturated heterocycles. The van der Waals surface area contributed by atoms with Crippen LogP contribution in [0.4, 0.5) is 11.5 Å². The van der Waals surface area contributed by atoms with Gasteiger partial charge in [-0.3, -0.25) is 14.9 Å². The number of pyridine rings is 1. The average Bonchev–Trinajstić information content (AvgIpc) is 2.29. The molecule has 0 aliphatic carbocycles. The van der Waals surface area contributed by atoms with Crippen LogP contribution in [-0.4, -0.2) is 28.9 Å². The van der Waals surface area contributed by atoms with Crippen molar-refractivity contribution >= 4 is 29.0 Å². The van der Waals surface area contributed by atoms with Gasteiger partial charge in [0.15, 0.2) is 0 Å². The fourth-order valence-corrected chi connectivity index (χ4v) is 1.32. The lowest BCUT2D eigenvalue weighted by atomic mass is 10.3. The lowest BCUT2D eigenvalue weighted by molar-refractivity contribution is -0.384. The molecule has 8 heteroatoms. The number of nitrogens with zero attached hydrogens (tertiary/aromatic N) is 2. The van der Waals surface area contributed by atoms with E-state index in [0.29, 0.717) is 0 Å². The number of amides is 1. The fourth-order valence-electron chi connectivity index (χ4n) is 1.17.